The Morgan fingerprint density at radius 2 is 2.07 bits per heavy atom. The van der Waals surface area contributed by atoms with Crippen LogP contribution in [0.4, 0.5) is 8.78 Å². The summed E-state index contributed by atoms with van der Waals surface area (Å²) in [4.78, 5) is 0. The molecular formula is C11H9F2N. The molecule has 0 bridgehead atoms. The minimum Gasteiger partial charge on any atom is -0.197 e. The van der Waals surface area contributed by atoms with Gasteiger partial charge in [-0.15, -0.1) is 0 Å². The van der Waals surface area contributed by atoms with Crippen LogP contribution in [-0.2, 0) is 5.92 Å². The molecular weight excluding hydrogens is 184 g/mol. The van der Waals surface area contributed by atoms with Crippen molar-refractivity contribution in [3.63, 3.8) is 0 Å². The second-order valence-corrected chi connectivity index (χ2v) is 3.03. The summed E-state index contributed by atoms with van der Waals surface area (Å²) < 4.78 is 26.3. The number of hydrogen-bond donors (Lipinski definition) is 0. The monoisotopic (exact) mass is 193 g/mol. The van der Waals surface area contributed by atoms with Crippen LogP contribution < -0.4 is 0 Å². The van der Waals surface area contributed by atoms with Crippen molar-refractivity contribution >= 4 is 0 Å². The van der Waals surface area contributed by atoms with Gasteiger partial charge in [0.15, 0.2) is 0 Å². The van der Waals surface area contributed by atoms with Gasteiger partial charge >= 0.3 is 0 Å². The Bertz CT molecular complexity index is 402. The van der Waals surface area contributed by atoms with Crippen LogP contribution >= 0.6 is 0 Å². The smallest absolute Gasteiger partial charge is 0.197 e. The fourth-order valence-corrected chi connectivity index (χ4v) is 1.16. The molecule has 1 aromatic carbocycles. The lowest BCUT2D eigenvalue weighted by atomic mass is 10.0. The molecule has 14 heavy (non-hydrogen) atoms. The molecule has 0 radical (unpaired) electrons. The summed E-state index contributed by atoms with van der Waals surface area (Å²) in [5.41, 5.74) is 0.686. The van der Waals surface area contributed by atoms with E-state index in [0.717, 1.165) is 0 Å². The van der Waals surface area contributed by atoms with Crippen molar-refractivity contribution in [2.45, 2.75) is 12.8 Å². The first-order valence-corrected chi connectivity index (χ1v) is 4.03. The maximum Gasteiger partial charge on any atom is 0.291 e. The lowest BCUT2D eigenvalue weighted by Gasteiger charge is -2.12. The average Bonchev–Trinajstić information content (AvgIpc) is 2.16. The van der Waals surface area contributed by atoms with Crippen molar-refractivity contribution in [1.29, 1.82) is 5.26 Å². The molecule has 0 heterocycles. The second kappa shape index (κ2) is 3.59. The zero-order valence-electron chi connectivity index (χ0n) is 7.72. The molecule has 3 heteroatoms. The van der Waals surface area contributed by atoms with Crippen molar-refractivity contribution in [3.8, 4) is 6.07 Å². The number of allylic oxidation sites excluding steroid dienone is 1. The van der Waals surface area contributed by atoms with Crippen LogP contribution in [0.2, 0.25) is 0 Å². The Balaban J connectivity index is 3.30. The molecule has 0 aliphatic carbocycles. The van der Waals surface area contributed by atoms with E-state index in [1.54, 1.807) is 13.0 Å². The zero-order valence-corrected chi connectivity index (χ0v) is 7.72. The first-order valence-electron chi connectivity index (χ1n) is 4.03. The highest BCUT2D eigenvalue weighted by Gasteiger charge is 2.27. The SMILES string of the molecule is C=CC(F)(F)c1cc(C)cc(C#N)c1. The van der Waals surface area contributed by atoms with Gasteiger partial charge in [0.1, 0.15) is 0 Å². The highest BCUT2D eigenvalue weighted by molar-refractivity contribution is 5.39. The normalized spacial score (nSPS) is 10.7. The molecule has 0 saturated heterocycles. The molecule has 1 nitrogen and oxygen atoms in total. The van der Waals surface area contributed by atoms with E-state index in [4.69, 9.17) is 5.26 Å². The molecule has 0 aliphatic rings. The summed E-state index contributed by atoms with van der Waals surface area (Å²) in [6.07, 6.45) is 0.572. The predicted molar refractivity (Wildman–Crippen MR) is 50.0 cm³/mol. The fourth-order valence-electron chi connectivity index (χ4n) is 1.16. The molecule has 72 valence electrons. The molecule has 1 rings (SSSR count). The van der Waals surface area contributed by atoms with E-state index in [2.05, 4.69) is 6.58 Å². The summed E-state index contributed by atoms with van der Waals surface area (Å²) in [6, 6.07) is 5.92. The minimum absolute atomic E-state index is 0.191. The molecule has 0 aromatic heterocycles. The van der Waals surface area contributed by atoms with E-state index < -0.39 is 5.92 Å². The summed E-state index contributed by atoms with van der Waals surface area (Å²) in [5.74, 6) is -3.07. The number of alkyl halides is 2. The standard InChI is InChI=1S/C11H9F2N/c1-3-11(12,13)10-5-8(2)4-9(6-10)7-14/h3-6H,1H2,2H3. The van der Waals surface area contributed by atoms with Gasteiger partial charge in [-0.25, -0.2) is 0 Å². The first kappa shape index (κ1) is 10.4. The highest BCUT2D eigenvalue weighted by atomic mass is 19.3. The van der Waals surface area contributed by atoms with Gasteiger partial charge in [-0.3, -0.25) is 0 Å². The molecule has 0 spiro atoms. The quantitative estimate of drug-likeness (QED) is 0.662. The maximum atomic E-state index is 13.2. The van der Waals surface area contributed by atoms with Crippen molar-refractivity contribution in [2.75, 3.05) is 0 Å². The lowest BCUT2D eigenvalue weighted by Crippen LogP contribution is -2.09. The lowest BCUT2D eigenvalue weighted by molar-refractivity contribution is 0.0524. The number of hydrogen-bond acceptors (Lipinski definition) is 1. The van der Waals surface area contributed by atoms with Crippen molar-refractivity contribution < 1.29 is 8.78 Å². The number of aryl methyl sites for hydroxylation is 1. The molecule has 0 amide bonds. The van der Waals surface area contributed by atoms with E-state index >= 15 is 0 Å². The average molecular weight is 193 g/mol. The number of rotatable bonds is 2. The van der Waals surface area contributed by atoms with E-state index in [1.165, 1.54) is 12.1 Å². The molecule has 0 N–H and O–H groups in total. The van der Waals surface area contributed by atoms with Gasteiger partial charge < -0.3 is 0 Å². The number of halogens is 2. The summed E-state index contributed by atoms with van der Waals surface area (Å²) in [5, 5.41) is 8.60. The fraction of sp³-hybridized carbons (Fsp3) is 0.182. The molecule has 0 atom stereocenters. The topological polar surface area (TPSA) is 23.8 Å². The number of nitriles is 1. The molecule has 0 aliphatic heterocycles. The summed E-state index contributed by atoms with van der Waals surface area (Å²) in [6.45, 7) is 4.73. The molecule has 0 unspecified atom stereocenters. The van der Waals surface area contributed by atoms with Crippen LogP contribution in [0.15, 0.2) is 30.9 Å². The van der Waals surface area contributed by atoms with E-state index in [9.17, 15) is 8.78 Å². The van der Waals surface area contributed by atoms with E-state index in [1.807, 2.05) is 6.07 Å². The Morgan fingerprint density at radius 3 is 2.57 bits per heavy atom. The first-order chi connectivity index (χ1) is 6.49. The Labute approximate surface area is 81.3 Å². The van der Waals surface area contributed by atoms with Crippen LogP contribution in [0.1, 0.15) is 16.7 Å². The van der Waals surface area contributed by atoms with Crippen LogP contribution in [0.25, 0.3) is 0 Å². The van der Waals surface area contributed by atoms with Crippen LogP contribution in [0, 0.1) is 18.3 Å². The summed E-state index contributed by atoms with van der Waals surface area (Å²) >= 11 is 0. The second-order valence-electron chi connectivity index (χ2n) is 3.03. The van der Waals surface area contributed by atoms with Gasteiger partial charge in [-0.1, -0.05) is 6.58 Å². The van der Waals surface area contributed by atoms with Crippen LogP contribution in [0.3, 0.4) is 0 Å². The number of benzene rings is 1. The largest absolute Gasteiger partial charge is 0.291 e. The molecule has 0 saturated carbocycles. The van der Waals surface area contributed by atoms with Gasteiger partial charge in [0.2, 0.25) is 0 Å². The van der Waals surface area contributed by atoms with Gasteiger partial charge in [-0.05, 0) is 36.8 Å². The molecule has 1 aromatic rings. The third-order valence-corrected chi connectivity index (χ3v) is 1.85. The molecule has 0 fully saturated rings. The zero-order chi connectivity index (χ0) is 10.8. The Hall–Kier alpha value is -1.69. The van der Waals surface area contributed by atoms with Crippen molar-refractivity contribution in [3.05, 3.63) is 47.5 Å². The third kappa shape index (κ3) is 1.97. The van der Waals surface area contributed by atoms with Crippen molar-refractivity contribution in [1.82, 2.24) is 0 Å². The number of nitrogens with zero attached hydrogens (tertiary/aromatic N) is 1. The van der Waals surface area contributed by atoms with Gasteiger partial charge in [-0.2, -0.15) is 14.0 Å². The Morgan fingerprint density at radius 1 is 1.43 bits per heavy atom. The van der Waals surface area contributed by atoms with Gasteiger partial charge in [0, 0.05) is 5.56 Å². The van der Waals surface area contributed by atoms with E-state index in [0.29, 0.717) is 11.6 Å². The maximum absolute atomic E-state index is 13.2. The van der Waals surface area contributed by atoms with Crippen LogP contribution in [0.5, 0.6) is 0 Å². The summed E-state index contributed by atoms with van der Waals surface area (Å²) in [7, 11) is 0. The van der Waals surface area contributed by atoms with Gasteiger partial charge in [0.25, 0.3) is 5.92 Å². The minimum atomic E-state index is -3.07. The van der Waals surface area contributed by atoms with E-state index in [-0.39, 0.29) is 11.1 Å². The van der Waals surface area contributed by atoms with Crippen LogP contribution in [-0.4, -0.2) is 0 Å². The third-order valence-electron chi connectivity index (χ3n) is 1.85. The predicted octanol–water partition coefficient (Wildman–Crippen LogP) is 3.14. The van der Waals surface area contributed by atoms with Gasteiger partial charge in [0.05, 0.1) is 11.6 Å². The highest BCUT2D eigenvalue weighted by Crippen LogP contribution is 2.30. The van der Waals surface area contributed by atoms with Crippen molar-refractivity contribution in [2.24, 2.45) is 0 Å². The Kier molecular flexibility index (Phi) is 2.66.